The predicted molar refractivity (Wildman–Crippen MR) is 101 cm³/mol. The number of hydrogen-bond donors (Lipinski definition) is 2. The number of aromatic nitrogens is 2. The monoisotopic (exact) mass is 377 g/mol. The zero-order valence-corrected chi connectivity index (χ0v) is 16.1. The van der Waals surface area contributed by atoms with Gasteiger partial charge in [-0.15, -0.1) is 0 Å². The highest BCUT2D eigenvalue weighted by Gasteiger charge is 2.27. The number of allylic oxidation sites excluding steroid dienone is 1. The summed E-state index contributed by atoms with van der Waals surface area (Å²) in [7, 11) is 1.29. The molecule has 1 heterocycles. The summed E-state index contributed by atoms with van der Waals surface area (Å²) in [6.45, 7) is 5.33. The fraction of sp³-hybridized carbons (Fsp3) is 0.421. The van der Waals surface area contributed by atoms with Gasteiger partial charge in [-0.05, 0) is 32.8 Å². The number of rotatable bonds is 6. The maximum absolute atomic E-state index is 11.3. The zero-order chi connectivity index (χ0) is 20.4. The first-order valence-corrected chi connectivity index (χ1v) is 8.47. The minimum absolute atomic E-state index is 0.318. The van der Waals surface area contributed by atoms with E-state index in [1.165, 1.54) is 11.7 Å². The molecule has 8 heteroatoms. The number of benzene rings is 1. The molecule has 0 spiro atoms. The van der Waals surface area contributed by atoms with E-state index in [1.54, 1.807) is 32.9 Å². The minimum Gasteiger partial charge on any atom is -0.468 e. The number of esters is 1. The van der Waals surface area contributed by atoms with Crippen molar-refractivity contribution in [3.05, 3.63) is 64.4 Å². The Morgan fingerprint density at radius 2 is 2.04 bits per heavy atom. The number of aliphatic hydroxyl groups excluding tert-OH is 1. The number of carbonyl (C=O) groups excluding carboxylic acids is 1. The van der Waals surface area contributed by atoms with Crippen LogP contribution in [-0.2, 0) is 16.1 Å². The van der Waals surface area contributed by atoms with Crippen molar-refractivity contribution >= 4 is 5.97 Å². The van der Waals surface area contributed by atoms with Crippen LogP contribution in [0, 0.1) is 6.92 Å². The molecule has 27 heavy (non-hydrogen) atoms. The predicted octanol–water partition coefficient (Wildman–Crippen LogP) is 1.72. The van der Waals surface area contributed by atoms with Gasteiger partial charge >= 0.3 is 11.7 Å². The summed E-state index contributed by atoms with van der Waals surface area (Å²) in [6, 6.07) is 9.59. The average Bonchev–Trinajstić information content (AvgIpc) is 2.97. The normalized spacial score (nSPS) is 14.1. The van der Waals surface area contributed by atoms with Crippen LogP contribution in [0.4, 0.5) is 0 Å². The Labute approximate surface area is 158 Å². The van der Waals surface area contributed by atoms with Gasteiger partial charge in [-0.2, -0.15) is 0 Å². The van der Waals surface area contributed by atoms with Crippen molar-refractivity contribution in [1.82, 2.24) is 9.72 Å². The first kappa shape index (κ1) is 22.3. The molecule has 0 saturated heterocycles. The van der Waals surface area contributed by atoms with Crippen LogP contribution in [0.5, 0.6) is 0 Å². The molecule has 2 rings (SSSR count). The third-order valence-corrected chi connectivity index (χ3v) is 3.80. The highest BCUT2D eigenvalue weighted by Crippen LogP contribution is 2.09. The molecule has 0 aliphatic carbocycles. The number of carbonyl (C=O) groups is 1. The van der Waals surface area contributed by atoms with Gasteiger partial charge in [0.05, 0.1) is 13.2 Å². The smallest absolute Gasteiger partial charge is 0.441 e. The van der Waals surface area contributed by atoms with Crippen molar-refractivity contribution in [2.75, 3.05) is 7.11 Å². The Hall–Kier alpha value is -2.71. The lowest BCUT2D eigenvalue weighted by atomic mass is 9.99. The minimum atomic E-state index is -1.07. The fourth-order valence-electron chi connectivity index (χ4n) is 2.10. The van der Waals surface area contributed by atoms with Gasteiger partial charge in [0.2, 0.25) is 0 Å². The van der Waals surface area contributed by atoms with Crippen LogP contribution in [0.3, 0.4) is 0 Å². The standard InChI is InChI=1S/C11H17N3O4.C8H10O/c1-8-13-18-10(16)14(8)7-5-4-6-11(2,12)9(15)17-3;1-7(9)8-5-3-2-4-6-8/h4-5H,6-7,12H2,1-3H3;2-7,9H,1H3/b5-4+;/t11-;7-/m01/s1. The van der Waals surface area contributed by atoms with Gasteiger partial charge < -0.3 is 15.6 Å². The lowest BCUT2D eigenvalue weighted by molar-refractivity contribution is -0.146. The number of nitrogens with two attached hydrogens (primary N) is 1. The molecule has 0 aliphatic heterocycles. The molecule has 1 aromatic heterocycles. The maximum atomic E-state index is 11.3. The largest absolute Gasteiger partial charge is 0.468 e. The molecule has 0 unspecified atom stereocenters. The summed E-state index contributed by atoms with van der Waals surface area (Å²) in [4.78, 5) is 22.5. The highest BCUT2D eigenvalue weighted by molar-refractivity contribution is 5.80. The summed E-state index contributed by atoms with van der Waals surface area (Å²) in [5.41, 5.74) is 5.67. The van der Waals surface area contributed by atoms with E-state index in [9.17, 15) is 9.59 Å². The summed E-state index contributed by atoms with van der Waals surface area (Å²) in [5.74, 6) is -0.501. The molecule has 0 amide bonds. The second-order valence-electron chi connectivity index (χ2n) is 6.28. The van der Waals surface area contributed by atoms with Crippen molar-refractivity contribution in [2.24, 2.45) is 5.73 Å². The van der Waals surface area contributed by atoms with Crippen LogP contribution in [0.1, 0.15) is 37.8 Å². The number of aryl methyl sites for hydroxylation is 1. The molecular weight excluding hydrogens is 350 g/mol. The first-order chi connectivity index (χ1) is 12.7. The number of methoxy groups -OCH3 is 1. The first-order valence-electron chi connectivity index (χ1n) is 8.47. The Kier molecular flexibility index (Phi) is 8.64. The average molecular weight is 377 g/mol. The Balaban J connectivity index is 0.000000337. The van der Waals surface area contributed by atoms with Crippen molar-refractivity contribution in [3.8, 4) is 0 Å². The maximum Gasteiger partial charge on any atom is 0.441 e. The van der Waals surface area contributed by atoms with Crippen molar-refractivity contribution < 1.29 is 19.2 Å². The lowest BCUT2D eigenvalue weighted by Crippen LogP contribution is -2.45. The van der Waals surface area contributed by atoms with Gasteiger partial charge in [0, 0.05) is 6.54 Å². The zero-order valence-electron chi connectivity index (χ0n) is 16.1. The van der Waals surface area contributed by atoms with E-state index >= 15 is 0 Å². The quantitative estimate of drug-likeness (QED) is 0.581. The third-order valence-electron chi connectivity index (χ3n) is 3.80. The molecule has 148 valence electrons. The van der Waals surface area contributed by atoms with E-state index in [4.69, 9.17) is 10.8 Å². The molecular formula is C19H27N3O5. The Morgan fingerprint density at radius 3 is 2.48 bits per heavy atom. The van der Waals surface area contributed by atoms with Crippen molar-refractivity contribution in [2.45, 2.75) is 45.4 Å². The molecule has 2 aromatic rings. The van der Waals surface area contributed by atoms with Crippen molar-refractivity contribution in [1.29, 1.82) is 0 Å². The molecule has 0 aliphatic rings. The van der Waals surface area contributed by atoms with Crippen LogP contribution < -0.4 is 11.5 Å². The van der Waals surface area contributed by atoms with Gasteiger partial charge in [-0.1, -0.05) is 47.6 Å². The van der Waals surface area contributed by atoms with E-state index in [2.05, 4.69) is 14.4 Å². The van der Waals surface area contributed by atoms with Gasteiger partial charge in [0.25, 0.3) is 0 Å². The van der Waals surface area contributed by atoms with Gasteiger partial charge in [0.15, 0.2) is 5.82 Å². The van der Waals surface area contributed by atoms with E-state index in [0.29, 0.717) is 18.8 Å². The molecule has 2 atom stereocenters. The van der Waals surface area contributed by atoms with E-state index < -0.39 is 17.3 Å². The molecule has 0 bridgehead atoms. The second-order valence-corrected chi connectivity index (χ2v) is 6.28. The fourth-order valence-corrected chi connectivity index (χ4v) is 2.10. The number of hydrogen-bond acceptors (Lipinski definition) is 7. The lowest BCUT2D eigenvalue weighted by Gasteiger charge is -2.19. The number of ether oxygens (including phenoxy) is 1. The number of aliphatic hydroxyl groups is 1. The molecule has 0 saturated carbocycles. The van der Waals surface area contributed by atoms with Crippen molar-refractivity contribution in [3.63, 3.8) is 0 Å². The van der Waals surface area contributed by atoms with E-state index in [0.717, 1.165) is 5.56 Å². The summed E-state index contributed by atoms with van der Waals surface area (Å²) in [5, 5.41) is 12.6. The SMILES string of the molecule is COC(=O)[C@@](C)(N)C/C=C/Cn1c(C)noc1=O.C[C@@H](O)c1ccccc1. The molecule has 3 N–H and O–H groups in total. The van der Waals surface area contributed by atoms with Crippen LogP contribution in [0.15, 0.2) is 51.8 Å². The van der Waals surface area contributed by atoms with Gasteiger partial charge in [-0.25, -0.2) is 4.79 Å². The summed E-state index contributed by atoms with van der Waals surface area (Å²) in [6.07, 6.45) is 3.42. The summed E-state index contributed by atoms with van der Waals surface area (Å²) < 4.78 is 10.4. The number of nitrogens with zero attached hydrogens (tertiary/aromatic N) is 2. The van der Waals surface area contributed by atoms with Crippen LogP contribution in [-0.4, -0.2) is 33.4 Å². The topological polar surface area (TPSA) is 121 Å². The van der Waals surface area contributed by atoms with E-state index in [1.807, 2.05) is 30.3 Å². The van der Waals surface area contributed by atoms with Crippen LogP contribution >= 0.6 is 0 Å². The van der Waals surface area contributed by atoms with E-state index in [-0.39, 0.29) is 6.10 Å². The Bertz CT molecular complexity index is 791. The highest BCUT2D eigenvalue weighted by atomic mass is 16.5. The second kappa shape index (κ2) is 10.4. The molecule has 0 fully saturated rings. The molecule has 1 aromatic carbocycles. The molecule has 0 radical (unpaired) electrons. The van der Waals surface area contributed by atoms with Gasteiger partial charge in [-0.3, -0.25) is 13.9 Å². The summed E-state index contributed by atoms with van der Waals surface area (Å²) >= 11 is 0. The van der Waals surface area contributed by atoms with Gasteiger partial charge in [0.1, 0.15) is 5.54 Å². The Morgan fingerprint density at radius 1 is 1.41 bits per heavy atom. The third kappa shape index (κ3) is 7.20. The van der Waals surface area contributed by atoms with Crippen LogP contribution in [0.25, 0.3) is 0 Å². The van der Waals surface area contributed by atoms with Crippen LogP contribution in [0.2, 0.25) is 0 Å². The molecule has 8 nitrogen and oxygen atoms in total.